The van der Waals surface area contributed by atoms with E-state index >= 15 is 0 Å². The highest BCUT2D eigenvalue weighted by Crippen LogP contribution is 2.31. The lowest BCUT2D eigenvalue weighted by Gasteiger charge is -2.25. The maximum absolute atomic E-state index is 13.7. The molecule has 0 aliphatic heterocycles. The fourth-order valence-corrected chi connectivity index (χ4v) is 4.97. The van der Waals surface area contributed by atoms with Gasteiger partial charge in [0.25, 0.3) is 5.91 Å². The summed E-state index contributed by atoms with van der Waals surface area (Å²) in [6, 6.07) is 35.8. The molecule has 1 N–H and O–H groups in total. The number of thioether (sulfide) groups is 1. The van der Waals surface area contributed by atoms with E-state index in [1.165, 1.54) is 11.8 Å². The van der Waals surface area contributed by atoms with Crippen LogP contribution in [-0.2, 0) is 11.8 Å². The van der Waals surface area contributed by atoms with Crippen molar-refractivity contribution < 1.29 is 9.59 Å². The topological polar surface area (TPSA) is 80.1 Å². The van der Waals surface area contributed by atoms with Gasteiger partial charge in [-0.1, -0.05) is 66.4 Å². The van der Waals surface area contributed by atoms with Crippen LogP contribution in [0.4, 0.5) is 17.1 Å². The van der Waals surface area contributed by atoms with Crippen molar-refractivity contribution in [1.82, 2.24) is 14.8 Å². The van der Waals surface area contributed by atoms with Gasteiger partial charge in [-0.2, -0.15) is 0 Å². The zero-order valence-corrected chi connectivity index (χ0v) is 22.4. The van der Waals surface area contributed by atoms with Crippen LogP contribution in [-0.4, -0.2) is 31.8 Å². The van der Waals surface area contributed by atoms with Crippen LogP contribution in [0.3, 0.4) is 0 Å². The van der Waals surface area contributed by atoms with Crippen LogP contribution in [0.15, 0.2) is 120 Å². The summed E-state index contributed by atoms with van der Waals surface area (Å²) in [6.07, 6.45) is 0. The van der Waals surface area contributed by atoms with Gasteiger partial charge in [-0.3, -0.25) is 14.5 Å². The van der Waals surface area contributed by atoms with E-state index in [4.69, 9.17) is 0 Å². The summed E-state index contributed by atoms with van der Waals surface area (Å²) in [5.74, 6) is 0.445. The molecule has 0 unspecified atom stereocenters. The lowest BCUT2D eigenvalue weighted by molar-refractivity contribution is -0.117. The average molecular weight is 534 g/mol. The quantitative estimate of drug-likeness (QED) is 0.228. The van der Waals surface area contributed by atoms with Gasteiger partial charge in [-0.15, -0.1) is 10.2 Å². The second-order valence-corrected chi connectivity index (χ2v) is 10.2. The summed E-state index contributed by atoms with van der Waals surface area (Å²) in [5.41, 5.74) is 3.74. The van der Waals surface area contributed by atoms with Gasteiger partial charge in [0, 0.05) is 35.2 Å². The molecule has 0 saturated heterocycles. The van der Waals surface area contributed by atoms with Gasteiger partial charge < -0.3 is 9.88 Å². The van der Waals surface area contributed by atoms with Crippen LogP contribution in [0, 0.1) is 0 Å². The summed E-state index contributed by atoms with van der Waals surface area (Å²) in [6.45, 7) is 1.88. The Kier molecular flexibility index (Phi) is 7.84. The van der Waals surface area contributed by atoms with E-state index in [0.717, 1.165) is 16.9 Å². The van der Waals surface area contributed by atoms with E-state index < -0.39 is 5.25 Å². The number of aromatic nitrogens is 3. The van der Waals surface area contributed by atoms with Crippen molar-refractivity contribution in [3.8, 4) is 11.4 Å². The molecule has 5 rings (SSSR count). The van der Waals surface area contributed by atoms with E-state index in [9.17, 15) is 9.59 Å². The predicted molar refractivity (Wildman–Crippen MR) is 156 cm³/mol. The highest BCUT2D eigenvalue weighted by molar-refractivity contribution is 8.00. The largest absolute Gasteiger partial charge is 0.322 e. The van der Waals surface area contributed by atoms with Gasteiger partial charge in [0.2, 0.25) is 5.91 Å². The molecule has 39 heavy (non-hydrogen) atoms. The molecule has 194 valence electrons. The van der Waals surface area contributed by atoms with Crippen molar-refractivity contribution in [2.24, 2.45) is 7.05 Å². The molecule has 7 nitrogen and oxygen atoms in total. The van der Waals surface area contributed by atoms with Gasteiger partial charge in [0.15, 0.2) is 11.0 Å². The SMILES string of the molecule is C[C@@H](Sc1nnc(-c2ccc(NC(=O)c3ccccc3)cc2)n1C)C(=O)N(c1ccccc1)c1ccccc1. The number of carbonyl (C=O) groups is 2. The Morgan fingerprint density at radius 2 is 1.31 bits per heavy atom. The number of nitrogens with zero attached hydrogens (tertiary/aromatic N) is 4. The van der Waals surface area contributed by atoms with Crippen molar-refractivity contribution >= 4 is 40.6 Å². The van der Waals surface area contributed by atoms with Crippen LogP contribution in [0.25, 0.3) is 11.4 Å². The highest BCUT2D eigenvalue weighted by atomic mass is 32.2. The third-order valence-electron chi connectivity index (χ3n) is 6.15. The minimum atomic E-state index is -0.420. The average Bonchev–Trinajstić information content (AvgIpc) is 3.34. The molecule has 0 saturated carbocycles. The zero-order valence-electron chi connectivity index (χ0n) is 21.6. The molecule has 1 heterocycles. The maximum atomic E-state index is 13.7. The van der Waals surface area contributed by atoms with Crippen LogP contribution in [0.1, 0.15) is 17.3 Å². The van der Waals surface area contributed by atoms with Crippen LogP contribution in [0.2, 0.25) is 0 Å². The van der Waals surface area contributed by atoms with Crippen LogP contribution in [0.5, 0.6) is 0 Å². The molecule has 0 fully saturated rings. The number of benzene rings is 4. The molecule has 2 amide bonds. The Morgan fingerprint density at radius 1 is 0.769 bits per heavy atom. The monoisotopic (exact) mass is 533 g/mol. The Bertz CT molecular complexity index is 1520. The Hall–Kier alpha value is -4.69. The van der Waals surface area contributed by atoms with Crippen molar-refractivity contribution in [1.29, 1.82) is 0 Å². The molecule has 1 atom stereocenters. The summed E-state index contributed by atoms with van der Waals surface area (Å²) >= 11 is 1.36. The molecule has 0 spiro atoms. The van der Waals surface area contributed by atoms with Gasteiger partial charge in [-0.05, 0) is 67.6 Å². The summed E-state index contributed by atoms with van der Waals surface area (Å²) < 4.78 is 1.88. The Labute approximate surface area is 231 Å². The second kappa shape index (κ2) is 11.8. The second-order valence-electron chi connectivity index (χ2n) is 8.87. The van der Waals surface area contributed by atoms with E-state index in [0.29, 0.717) is 22.2 Å². The van der Waals surface area contributed by atoms with E-state index in [1.54, 1.807) is 17.0 Å². The van der Waals surface area contributed by atoms with Crippen LogP contribution < -0.4 is 10.2 Å². The molecule has 1 aromatic heterocycles. The molecule has 5 aromatic rings. The molecular formula is C31H27N5O2S. The minimum Gasteiger partial charge on any atom is -0.322 e. The number of anilines is 3. The van der Waals surface area contributed by atoms with Crippen molar-refractivity contribution in [3.63, 3.8) is 0 Å². The third kappa shape index (κ3) is 5.91. The van der Waals surface area contributed by atoms with Gasteiger partial charge in [0.1, 0.15) is 0 Å². The number of para-hydroxylation sites is 2. The first-order valence-electron chi connectivity index (χ1n) is 12.5. The zero-order chi connectivity index (χ0) is 27.2. The number of amides is 2. The number of carbonyl (C=O) groups excluding carboxylic acids is 2. The number of hydrogen-bond donors (Lipinski definition) is 1. The highest BCUT2D eigenvalue weighted by Gasteiger charge is 2.26. The molecule has 0 radical (unpaired) electrons. The van der Waals surface area contributed by atoms with E-state index in [1.807, 2.05) is 122 Å². The third-order valence-corrected chi connectivity index (χ3v) is 7.27. The summed E-state index contributed by atoms with van der Waals surface area (Å²) in [7, 11) is 1.88. The van der Waals surface area contributed by atoms with Gasteiger partial charge in [0.05, 0.1) is 5.25 Å². The lowest BCUT2D eigenvalue weighted by Crippen LogP contribution is -2.33. The van der Waals surface area contributed by atoms with Gasteiger partial charge in [-0.25, -0.2) is 0 Å². The van der Waals surface area contributed by atoms with Crippen molar-refractivity contribution in [2.45, 2.75) is 17.3 Å². The first-order chi connectivity index (χ1) is 19.0. The Morgan fingerprint density at radius 3 is 1.87 bits per heavy atom. The molecular weight excluding hydrogens is 506 g/mol. The minimum absolute atomic E-state index is 0.0551. The number of hydrogen-bond acceptors (Lipinski definition) is 5. The number of rotatable bonds is 8. The van der Waals surface area contributed by atoms with E-state index in [2.05, 4.69) is 15.5 Å². The van der Waals surface area contributed by atoms with Crippen LogP contribution >= 0.6 is 11.8 Å². The molecule has 4 aromatic carbocycles. The number of nitrogens with one attached hydrogen (secondary N) is 1. The van der Waals surface area contributed by atoms with Crippen molar-refractivity contribution in [2.75, 3.05) is 10.2 Å². The van der Waals surface area contributed by atoms with E-state index in [-0.39, 0.29) is 11.8 Å². The lowest BCUT2D eigenvalue weighted by atomic mass is 10.1. The van der Waals surface area contributed by atoms with Crippen molar-refractivity contribution in [3.05, 3.63) is 121 Å². The first kappa shape index (κ1) is 25.9. The van der Waals surface area contributed by atoms with Gasteiger partial charge >= 0.3 is 0 Å². The fraction of sp³-hybridized carbons (Fsp3) is 0.0968. The summed E-state index contributed by atoms with van der Waals surface area (Å²) in [4.78, 5) is 27.9. The first-order valence-corrected chi connectivity index (χ1v) is 13.4. The normalized spacial score (nSPS) is 11.5. The smallest absolute Gasteiger partial charge is 0.255 e. The molecule has 0 bridgehead atoms. The molecule has 8 heteroatoms. The summed E-state index contributed by atoms with van der Waals surface area (Å²) in [5, 5.41) is 11.9. The maximum Gasteiger partial charge on any atom is 0.255 e. The standard InChI is InChI=1S/C31H27N5O2S/c1-22(30(38)36(26-14-8-4-9-15-26)27-16-10-5-11-17-27)39-31-34-33-28(35(31)2)23-18-20-25(21-19-23)32-29(37)24-12-6-3-7-13-24/h3-22H,1-2H3,(H,32,37)/t22-/m1/s1. The predicted octanol–water partition coefficient (Wildman–Crippen LogP) is 6.58. The molecule has 0 aliphatic carbocycles. The fourth-order valence-electron chi connectivity index (χ4n) is 4.11. The molecule has 0 aliphatic rings. The Balaban J connectivity index is 1.30.